The van der Waals surface area contributed by atoms with Gasteiger partial charge < -0.3 is 29.9 Å². The summed E-state index contributed by atoms with van der Waals surface area (Å²) in [4.78, 5) is 13.4. The van der Waals surface area contributed by atoms with Gasteiger partial charge in [-0.25, -0.2) is 0 Å². The zero-order valence-corrected chi connectivity index (χ0v) is 18.1. The van der Waals surface area contributed by atoms with E-state index < -0.39 is 23.0 Å². The Kier molecular flexibility index (Phi) is 6.32. The van der Waals surface area contributed by atoms with Gasteiger partial charge in [0.25, 0.3) is 0 Å². The highest BCUT2D eigenvalue weighted by atomic mass is 16.3. The molecule has 0 spiro atoms. The maximum Gasteiger partial charge on any atom is 0.204 e. The highest BCUT2D eigenvalue weighted by Crippen LogP contribution is 2.41. The van der Waals surface area contributed by atoms with Crippen molar-refractivity contribution in [3.8, 4) is 34.1 Å². The third-order valence-electron chi connectivity index (χ3n) is 5.33. The summed E-state index contributed by atoms with van der Waals surface area (Å²) in [5, 5.41) is 51.4. The Hall–Kier alpha value is -3.71. The van der Waals surface area contributed by atoms with E-state index in [0.29, 0.717) is 5.57 Å². The molecule has 168 valence electrons. The lowest BCUT2D eigenvalue weighted by atomic mass is 9.93. The molecule has 3 aromatic rings. The second kappa shape index (κ2) is 8.80. The second-order valence-corrected chi connectivity index (χ2v) is 8.09. The summed E-state index contributed by atoms with van der Waals surface area (Å²) in [5.41, 5.74) is 1.44. The Balaban J connectivity index is 2.36. The van der Waals surface area contributed by atoms with Crippen molar-refractivity contribution in [2.75, 3.05) is 0 Å². The van der Waals surface area contributed by atoms with Crippen molar-refractivity contribution in [3.63, 3.8) is 0 Å². The average molecular weight is 438 g/mol. The lowest BCUT2D eigenvalue weighted by Crippen LogP contribution is -2.14. The maximum absolute atomic E-state index is 13.4. The number of aliphatic hydroxyl groups excluding tert-OH is 1. The number of aromatic hydroxyl groups is 4. The molecule has 1 atom stereocenters. The van der Waals surface area contributed by atoms with E-state index in [-0.39, 0.29) is 57.6 Å². The summed E-state index contributed by atoms with van der Waals surface area (Å²) in [6, 6.07) is 3.88. The number of benzene rings is 2. The Morgan fingerprint density at radius 1 is 1.06 bits per heavy atom. The SMILES string of the molecule is C=C(C)[C@@H](O)Cc1c(O)c(CC=C(C)C)c(O)c2c(=O)c(-c3ccc(O)c(O)c3)coc12. The molecule has 0 aliphatic carbocycles. The number of phenolic OH excluding ortho intramolecular Hbond substituents is 4. The molecule has 1 aromatic heterocycles. The van der Waals surface area contributed by atoms with Crippen molar-refractivity contribution in [2.45, 2.75) is 39.7 Å². The quantitative estimate of drug-likeness (QED) is 0.287. The molecule has 0 unspecified atom stereocenters. The van der Waals surface area contributed by atoms with Crippen LogP contribution >= 0.6 is 0 Å². The molecule has 0 amide bonds. The van der Waals surface area contributed by atoms with E-state index in [4.69, 9.17) is 4.42 Å². The minimum atomic E-state index is -0.996. The minimum absolute atomic E-state index is 0.0435. The Morgan fingerprint density at radius 3 is 2.34 bits per heavy atom. The standard InChI is InChI=1S/C25H26O7/c1-12(2)5-7-15-22(29)16(10-19(27)13(3)4)25-21(23(15)30)24(31)17(11-32-25)14-6-8-18(26)20(28)9-14/h5-6,8-9,11,19,26-30H,3,7,10H2,1-2,4H3/t19-/m0/s1. The van der Waals surface area contributed by atoms with Gasteiger partial charge in [0.2, 0.25) is 5.43 Å². The lowest BCUT2D eigenvalue weighted by Gasteiger charge is -2.17. The molecule has 0 saturated heterocycles. The summed E-state index contributed by atoms with van der Waals surface area (Å²) < 4.78 is 5.68. The third-order valence-corrected chi connectivity index (χ3v) is 5.33. The van der Waals surface area contributed by atoms with Gasteiger partial charge in [-0.15, -0.1) is 0 Å². The van der Waals surface area contributed by atoms with E-state index in [1.807, 2.05) is 13.8 Å². The highest BCUT2D eigenvalue weighted by molar-refractivity contribution is 5.92. The van der Waals surface area contributed by atoms with Crippen LogP contribution in [-0.2, 0) is 12.8 Å². The van der Waals surface area contributed by atoms with Crippen LogP contribution in [0.1, 0.15) is 31.9 Å². The molecule has 32 heavy (non-hydrogen) atoms. The number of fused-ring (bicyclic) bond motifs is 1. The molecule has 0 aliphatic rings. The zero-order chi connectivity index (χ0) is 23.7. The predicted molar refractivity (Wildman–Crippen MR) is 122 cm³/mol. The second-order valence-electron chi connectivity index (χ2n) is 8.09. The largest absolute Gasteiger partial charge is 0.507 e. The van der Waals surface area contributed by atoms with E-state index in [1.165, 1.54) is 18.2 Å². The monoisotopic (exact) mass is 438 g/mol. The van der Waals surface area contributed by atoms with Gasteiger partial charge in [-0.1, -0.05) is 29.9 Å². The van der Waals surface area contributed by atoms with Crippen molar-refractivity contribution in [3.05, 3.63) is 69.6 Å². The fourth-order valence-electron chi connectivity index (χ4n) is 3.40. The van der Waals surface area contributed by atoms with Gasteiger partial charge in [0.1, 0.15) is 28.7 Å². The molecular weight excluding hydrogens is 412 g/mol. The molecular formula is C25H26O7. The fourth-order valence-corrected chi connectivity index (χ4v) is 3.40. The number of aliphatic hydroxyl groups is 1. The van der Waals surface area contributed by atoms with Crippen molar-refractivity contribution in [1.29, 1.82) is 0 Å². The first-order valence-corrected chi connectivity index (χ1v) is 10.0. The third kappa shape index (κ3) is 4.20. The van der Waals surface area contributed by atoms with Crippen LogP contribution < -0.4 is 5.43 Å². The van der Waals surface area contributed by atoms with E-state index >= 15 is 0 Å². The van der Waals surface area contributed by atoms with Crippen LogP contribution in [0.15, 0.2) is 57.5 Å². The van der Waals surface area contributed by atoms with Gasteiger partial charge in [0.05, 0.1) is 11.7 Å². The topological polar surface area (TPSA) is 131 Å². The van der Waals surface area contributed by atoms with Gasteiger partial charge in [-0.3, -0.25) is 4.79 Å². The number of allylic oxidation sites excluding steroid dienone is 2. The molecule has 0 bridgehead atoms. The van der Waals surface area contributed by atoms with Crippen LogP contribution in [0.5, 0.6) is 23.0 Å². The molecule has 5 N–H and O–H groups in total. The number of rotatable bonds is 6. The van der Waals surface area contributed by atoms with Crippen molar-refractivity contribution in [2.24, 2.45) is 0 Å². The molecule has 7 heteroatoms. The fraction of sp³-hybridized carbons (Fsp3) is 0.240. The molecule has 2 aromatic carbocycles. The first-order valence-electron chi connectivity index (χ1n) is 10.0. The van der Waals surface area contributed by atoms with Gasteiger partial charge in [0, 0.05) is 17.5 Å². The number of phenols is 4. The first-order chi connectivity index (χ1) is 15.0. The van der Waals surface area contributed by atoms with Crippen LogP contribution in [0.3, 0.4) is 0 Å². The van der Waals surface area contributed by atoms with E-state index in [0.717, 1.165) is 11.8 Å². The maximum atomic E-state index is 13.4. The minimum Gasteiger partial charge on any atom is -0.507 e. The summed E-state index contributed by atoms with van der Waals surface area (Å²) in [7, 11) is 0. The summed E-state index contributed by atoms with van der Waals surface area (Å²) in [6.07, 6.45) is 2.05. The zero-order valence-electron chi connectivity index (χ0n) is 18.1. The Bertz CT molecular complexity index is 1290. The van der Waals surface area contributed by atoms with Crippen molar-refractivity contribution in [1.82, 2.24) is 0 Å². The van der Waals surface area contributed by atoms with Crippen molar-refractivity contribution < 1.29 is 29.9 Å². The normalized spacial score (nSPS) is 12.0. The van der Waals surface area contributed by atoms with Gasteiger partial charge in [-0.05, 0) is 44.9 Å². The lowest BCUT2D eigenvalue weighted by molar-refractivity contribution is 0.210. The van der Waals surface area contributed by atoms with Crippen LogP contribution in [0.2, 0.25) is 0 Å². The van der Waals surface area contributed by atoms with E-state index in [2.05, 4.69) is 6.58 Å². The Morgan fingerprint density at radius 2 is 1.75 bits per heavy atom. The molecule has 0 saturated carbocycles. The summed E-state index contributed by atoms with van der Waals surface area (Å²) in [6.45, 7) is 9.09. The summed E-state index contributed by atoms with van der Waals surface area (Å²) in [5.74, 6) is -1.42. The average Bonchev–Trinajstić information content (AvgIpc) is 2.72. The van der Waals surface area contributed by atoms with Crippen molar-refractivity contribution >= 4 is 11.0 Å². The molecule has 0 aliphatic heterocycles. The molecule has 1 heterocycles. The molecule has 7 nitrogen and oxygen atoms in total. The van der Waals surface area contributed by atoms with E-state index in [9.17, 15) is 30.3 Å². The van der Waals surface area contributed by atoms with Gasteiger partial charge in [0.15, 0.2) is 11.5 Å². The van der Waals surface area contributed by atoms with Crippen LogP contribution in [0.25, 0.3) is 22.1 Å². The van der Waals surface area contributed by atoms with Crippen LogP contribution in [-0.4, -0.2) is 31.6 Å². The Labute approximate surface area is 184 Å². The smallest absolute Gasteiger partial charge is 0.204 e. The first kappa shape index (κ1) is 23.0. The van der Waals surface area contributed by atoms with Gasteiger partial charge in [-0.2, -0.15) is 0 Å². The molecule has 0 radical (unpaired) electrons. The summed E-state index contributed by atoms with van der Waals surface area (Å²) >= 11 is 0. The predicted octanol–water partition coefficient (Wildman–Crippen LogP) is 4.27. The van der Waals surface area contributed by atoms with E-state index in [1.54, 1.807) is 13.0 Å². The van der Waals surface area contributed by atoms with Crippen LogP contribution in [0.4, 0.5) is 0 Å². The van der Waals surface area contributed by atoms with Gasteiger partial charge >= 0.3 is 0 Å². The molecule has 0 fully saturated rings. The highest BCUT2D eigenvalue weighted by Gasteiger charge is 2.25. The van der Waals surface area contributed by atoms with Crippen LogP contribution in [0, 0.1) is 0 Å². The number of hydrogen-bond donors (Lipinski definition) is 5. The molecule has 3 rings (SSSR count). The number of hydrogen-bond acceptors (Lipinski definition) is 7.